The van der Waals surface area contributed by atoms with Crippen LogP contribution in [-0.2, 0) is 0 Å². The first-order valence-corrected chi connectivity index (χ1v) is 7.70. The van der Waals surface area contributed by atoms with Crippen molar-refractivity contribution < 1.29 is 0 Å². The van der Waals surface area contributed by atoms with Crippen LogP contribution in [0.15, 0.2) is 63.8 Å². The van der Waals surface area contributed by atoms with E-state index in [4.69, 9.17) is 16.6 Å². The van der Waals surface area contributed by atoms with Gasteiger partial charge in [-0.2, -0.15) is 10.2 Å². The molecule has 2 heterocycles. The van der Waals surface area contributed by atoms with E-state index in [0.29, 0.717) is 11.6 Å². The fraction of sp³-hybridized carbons (Fsp3) is 0.235. The molecule has 0 radical (unpaired) electrons. The average Bonchev–Trinajstić information content (AvgIpc) is 2.82. The molecule has 0 aliphatic carbocycles. The van der Waals surface area contributed by atoms with Crippen molar-refractivity contribution in [2.24, 2.45) is 15.2 Å². The van der Waals surface area contributed by atoms with Gasteiger partial charge in [0, 0.05) is 21.8 Å². The molecule has 2 aromatic carbocycles. The number of azo groups is 1. The summed E-state index contributed by atoms with van der Waals surface area (Å²) in [5.74, 6) is 0. The standard InChI is InChI=1S/C17H15ClN4/c1-11-20-21-16-10-19-17(12-5-3-2-4-6-12)14-9-13(18)7-8-15(14)22(11)16/h2-9,11,16H,10H2,1H3. The number of rotatable bonds is 1. The first-order chi connectivity index (χ1) is 10.7. The van der Waals surface area contributed by atoms with Crippen LogP contribution in [0.5, 0.6) is 0 Å². The lowest BCUT2D eigenvalue weighted by Gasteiger charge is -2.26. The van der Waals surface area contributed by atoms with E-state index < -0.39 is 0 Å². The second-order valence-electron chi connectivity index (χ2n) is 5.47. The first kappa shape index (κ1) is 13.5. The molecule has 0 spiro atoms. The van der Waals surface area contributed by atoms with Crippen molar-refractivity contribution >= 4 is 23.0 Å². The Kier molecular flexibility index (Phi) is 3.19. The van der Waals surface area contributed by atoms with E-state index in [1.165, 1.54) is 0 Å². The molecule has 0 aromatic heterocycles. The second-order valence-corrected chi connectivity index (χ2v) is 5.90. The monoisotopic (exact) mass is 310 g/mol. The molecule has 2 aromatic rings. The summed E-state index contributed by atoms with van der Waals surface area (Å²) in [6.45, 7) is 2.65. The zero-order valence-corrected chi connectivity index (χ0v) is 12.9. The molecule has 0 saturated carbocycles. The molecule has 2 unspecified atom stereocenters. The Morgan fingerprint density at radius 3 is 2.73 bits per heavy atom. The van der Waals surface area contributed by atoms with Crippen LogP contribution in [0.3, 0.4) is 0 Å². The molecule has 22 heavy (non-hydrogen) atoms. The molecule has 0 fully saturated rings. The second kappa shape index (κ2) is 5.21. The molecule has 5 heteroatoms. The van der Waals surface area contributed by atoms with Crippen molar-refractivity contribution in [3.05, 3.63) is 64.7 Å². The molecular formula is C17H15ClN4. The minimum Gasteiger partial charge on any atom is -0.322 e. The number of fused-ring (bicyclic) bond motifs is 3. The Morgan fingerprint density at radius 1 is 1.09 bits per heavy atom. The Morgan fingerprint density at radius 2 is 1.91 bits per heavy atom. The van der Waals surface area contributed by atoms with Crippen LogP contribution >= 0.6 is 11.6 Å². The van der Waals surface area contributed by atoms with E-state index in [2.05, 4.69) is 34.2 Å². The van der Waals surface area contributed by atoms with Crippen molar-refractivity contribution in [2.75, 3.05) is 11.4 Å². The average molecular weight is 311 g/mol. The third-order valence-electron chi connectivity index (χ3n) is 4.04. The molecular weight excluding hydrogens is 296 g/mol. The van der Waals surface area contributed by atoms with Crippen LogP contribution in [0.2, 0.25) is 5.02 Å². The van der Waals surface area contributed by atoms with Crippen molar-refractivity contribution in [2.45, 2.75) is 19.3 Å². The molecule has 2 aliphatic rings. The minimum absolute atomic E-state index is 0.0234. The summed E-state index contributed by atoms with van der Waals surface area (Å²) < 4.78 is 0. The summed E-state index contributed by atoms with van der Waals surface area (Å²) in [5.41, 5.74) is 4.19. The number of hydrogen-bond donors (Lipinski definition) is 0. The van der Waals surface area contributed by atoms with Crippen LogP contribution in [0.25, 0.3) is 0 Å². The van der Waals surface area contributed by atoms with Crippen molar-refractivity contribution in [3.8, 4) is 0 Å². The Bertz CT molecular complexity index is 769. The van der Waals surface area contributed by atoms with E-state index >= 15 is 0 Å². The third-order valence-corrected chi connectivity index (χ3v) is 4.28. The number of anilines is 1. The van der Waals surface area contributed by atoms with Gasteiger partial charge in [0.05, 0.1) is 12.3 Å². The maximum atomic E-state index is 6.24. The third kappa shape index (κ3) is 2.11. The molecule has 4 rings (SSSR count). The summed E-state index contributed by atoms with van der Waals surface area (Å²) >= 11 is 6.24. The van der Waals surface area contributed by atoms with Crippen molar-refractivity contribution in [1.82, 2.24) is 0 Å². The SMILES string of the molecule is CC1N=NC2CN=C(c3ccccc3)c3cc(Cl)ccc3N12. The van der Waals surface area contributed by atoms with E-state index in [-0.39, 0.29) is 12.3 Å². The van der Waals surface area contributed by atoms with Gasteiger partial charge in [0.2, 0.25) is 0 Å². The van der Waals surface area contributed by atoms with Gasteiger partial charge in [-0.25, -0.2) is 0 Å². The van der Waals surface area contributed by atoms with Crippen molar-refractivity contribution in [1.29, 1.82) is 0 Å². The minimum atomic E-state index is -0.0314. The summed E-state index contributed by atoms with van der Waals surface area (Å²) in [4.78, 5) is 7.03. The molecule has 0 amide bonds. The molecule has 0 saturated heterocycles. The molecule has 110 valence electrons. The zero-order chi connectivity index (χ0) is 15.1. The highest BCUT2D eigenvalue weighted by molar-refractivity contribution is 6.31. The van der Waals surface area contributed by atoms with Crippen molar-refractivity contribution in [3.63, 3.8) is 0 Å². The fourth-order valence-corrected chi connectivity index (χ4v) is 3.22. The quantitative estimate of drug-likeness (QED) is 0.780. The Labute approximate surface area is 134 Å². The van der Waals surface area contributed by atoms with Gasteiger partial charge in [0.15, 0.2) is 6.17 Å². The van der Waals surface area contributed by atoms with E-state index in [1.807, 2.05) is 36.4 Å². The summed E-state index contributed by atoms with van der Waals surface area (Å²) in [6.07, 6.45) is -0.00798. The zero-order valence-electron chi connectivity index (χ0n) is 12.1. The van der Waals surface area contributed by atoms with Gasteiger partial charge in [-0.15, -0.1) is 0 Å². The molecule has 0 bridgehead atoms. The lowest BCUT2D eigenvalue weighted by molar-refractivity contribution is 0.641. The van der Waals surface area contributed by atoms with Crippen LogP contribution in [0.4, 0.5) is 5.69 Å². The highest BCUT2D eigenvalue weighted by atomic mass is 35.5. The van der Waals surface area contributed by atoms with Gasteiger partial charge in [-0.05, 0) is 25.1 Å². The summed E-state index contributed by atoms with van der Waals surface area (Å²) in [6, 6.07) is 16.1. The smallest absolute Gasteiger partial charge is 0.163 e. The largest absolute Gasteiger partial charge is 0.322 e. The van der Waals surface area contributed by atoms with Gasteiger partial charge in [-0.3, -0.25) is 4.99 Å². The normalized spacial score (nSPS) is 22.8. The highest BCUT2D eigenvalue weighted by Crippen LogP contribution is 2.35. The number of nitrogens with zero attached hydrogens (tertiary/aromatic N) is 4. The molecule has 2 atom stereocenters. The predicted molar refractivity (Wildman–Crippen MR) is 89.0 cm³/mol. The predicted octanol–water partition coefficient (Wildman–Crippen LogP) is 4.14. The Balaban J connectivity index is 1.92. The number of benzene rings is 2. The number of aliphatic imine (C=N–C) groups is 1. The molecule has 4 nitrogen and oxygen atoms in total. The van der Waals surface area contributed by atoms with Crippen LogP contribution in [-0.4, -0.2) is 24.6 Å². The molecule has 2 aliphatic heterocycles. The maximum absolute atomic E-state index is 6.24. The van der Waals surface area contributed by atoms with Crippen LogP contribution in [0.1, 0.15) is 18.1 Å². The summed E-state index contributed by atoms with van der Waals surface area (Å²) in [5, 5.41) is 9.36. The maximum Gasteiger partial charge on any atom is 0.163 e. The van der Waals surface area contributed by atoms with E-state index in [0.717, 1.165) is 22.5 Å². The first-order valence-electron chi connectivity index (χ1n) is 7.32. The van der Waals surface area contributed by atoms with Gasteiger partial charge in [0.1, 0.15) is 6.17 Å². The van der Waals surface area contributed by atoms with Gasteiger partial charge in [-0.1, -0.05) is 41.9 Å². The molecule has 0 N–H and O–H groups in total. The summed E-state index contributed by atoms with van der Waals surface area (Å²) in [7, 11) is 0. The fourth-order valence-electron chi connectivity index (χ4n) is 3.04. The Hall–Kier alpha value is -2.20. The number of hydrogen-bond acceptors (Lipinski definition) is 4. The lowest BCUT2D eigenvalue weighted by atomic mass is 10.00. The lowest BCUT2D eigenvalue weighted by Crippen LogP contribution is -2.36. The van der Waals surface area contributed by atoms with Gasteiger partial charge < -0.3 is 4.90 Å². The van der Waals surface area contributed by atoms with Crippen LogP contribution < -0.4 is 4.90 Å². The van der Waals surface area contributed by atoms with Gasteiger partial charge in [0.25, 0.3) is 0 Å². The van der Waals surface area contributed by atoms with E-state index in [9.17, 15) is 0 Å². The highest BCUT2D eigenvalue weighted by Gasteiger charge is 2.33. The van der Waals surface area contributed by atoms with Gasteiger partial charge >= 0.3 is 0 Å². The van der Waals surface area contributed by atoms with Crippen LogP contribution in [0, 0.1) is 0 Å². The van der Waals surface area contributed by atoms with E-state index in [1.54, 1.807) is 0 Å². The topological polar surface area (TPSA) is 40.3 Å². The number of halogens is 1.